The second kappa shape index (κ2) is 7.09. The van der Waals surface area contributed by atoms with Gasteiger partial charge in [0.15, 0.2) is 0 Å². The normalized spacial score (nSPS) is 11.5. The highest BCUT2D eigenvalue weighted by atomic mass is 35.5. The third kappa shape index (κ3) is 4.08. The van der Waals surface area contributed by atoms with Gasteiger partial charge in [0.1, 0.15) is 0 Å². The molecular weight excluding hydrogens is 286 g/mol. The van der Waals surface area contributed by atoms with Crippen molar-refractivity contribution in [2.24, 2.45) is 5.92 Å². The zero-order valence-electron chi connectivity index (χ0n) is 13.2. The molecular formula is C15H24ClN5. The van der Waals surface area contributed by atoms with Crippen LogP contribution in [-0.2, 0) is 19.6 Å². The van der Waals surface area contributed by atoms with Crippen LogP contribution < -0.4 is 5.32 Å². The molecule has 21 heavy (non-hydrogen) atoms. The summed E-state index contributed by atoms with van der Waals surface area (Å²) in [4.78, 5) is 0. The molecule has 0 aliphatic rings. The summed E-state index contributed by atoms with van der Waals surface area (Å²) in [5.74, 6) is 0.653. The molecule has 0 spiro atoms. The molecule has 116 valence electrons. The van der Waals surface area contributed by atoms with Crippen LogP contribution in [0.25, 0.3) is 0 Å². The van der Waals surface area contributed by atoms with E-state index in [1.54, 1.807) is 0 Å². The molecule has 0 unspecified atom stereocenters. The predicted octanol–water partition coefficient (Wildman–Crippen LogP) is 2.86. The Morgan fingerprint density at radius 2 is 2.14 bits per heavy atom. The van der Waals surface area contributed by atoms with Crippen LogP contribution in [0.15, 0.2) is 12.4 Å². The van der Waals surface area contributed by atoms with E-state index in [4.69, 9.17) is 11.6 Å². The van der Waals surface area contributed by atoms with Crippen LogP contribution in [0.1, 0.15) is 37.7 Å². The van der Waals surface area contributed by atoms with E-state index < -0.39 is 0 Å². The maximum Gasteiger partial charge on any atom is 0.0866 e. The number of aromatic nitrogens is 4. The minimum atomic E-state index is 0.650. The second-order valence-electron chi connectivity index (χ2n) is 5.73. The molecule has 2 rings (SSSR count). The third-order valence-electron chi connectivity index (χ3n) is 3.33. The van der Waals surface area contributed by atoms with Crippen molar-refractivity contribution in [2.45, 2.75) is 47.3 Å². The van der Waals surface area contributed by atoms with Crippen LogP contribution in [0.2, 0.25) is 5.02 Å². The van der Waals surface area contributed by atoms with Gasteiger partial charge in [0.05, 0.1) is 29.2 Å². The van der Waals surface area contributed by atoms with Gasteiger partial charge in [-0.25, -0.2) is 0 Å². The second-order valence-corrected chi connectivity index (χ2v) is 6.11. The van der Waals surface area contributed by atoms with Crippen LogP contribution in [0, 0.1) is 12.8 Å². The standard InChI is InChI=1S/C15H24ClN5/c1-5-21-14(15(16)12(4)19-21)10-20-9-13(8-18-20)7-17-6-11(2)3/h8-9,11,17H,5-7,10H2,1-4H3. The fraction of sp³-hybridized carbons (Fsp3) is 0.600. The SMILES string of the molecule is CCn1nc(C)c(Cl)c1Cn1cc(CNCC(C)C)cn1. The van der Waals surface area contributed by atoms with Gasteiger partial charge < -0.3 is 5.32 Å². The highest BCUT2D eigenvalue weighted by molar-refractivity contribution is 6.31. The summed E-state index contributed by atoms with van der Waals surface area (Å²) < 4.78 is 3.86. The molecule has 0 fully saturated rings. The fourth-order valence-corrected chi connectivity index (χ4v) is 2.46. The number of rotatable bonds is 7. The molecule has 0 bridgehead atoms. The smallest absolute Gasteiger partial charge is 0.0866 e. The number of nitrogens with one attached hydrogen (secondary N) is 1. The molecule has 0 aliphatic carbocycles. The van der Waals surface area contributed by atoms with E-state index in [9.17, 15) is 0 Å². The van der Waals surface area contributed by atoms with Crippen LogP contribution >= 0.6 is 11.6 Å². The number of nitrogens with zero attached hydrogens (tertiary/aromatic N) is 4. The number of aryl methyl sites for hydroxylation is 2. The first-order chi connectivity index (χ1) is 10.0. The third-order valence-corrected chi connectivity index (χ3v) is 3.82. The zero-order valence-corrected chi connectivity index (χ0v) is 14.0. The number of hydrogen-bond donors (Lipinski definition) is 1. The fourth-order valence-electron chi connectivity index (χ4n) is 2.26. The van der Waals surface area contributed by atoms with Crippen molar-refractivity contribution in [1.29, 1.82) is 0 Å². The quantitative estimate of drug-likeness (QED) is 0.855. The van der Waals surface area contributed by atoms with Gasteiger partial charge in [-0.3, -0.25) is 9.36 Å². The molecule has 0 aromatic carbocycles. The molecule has 0 amide bonds. The van der Waals surface area contributed by atoms with Gasteiger partial charge in [0.25, 0.3) is 0 Å². The van der Waals surface area contributed by atoms with Gasteiger partial charge in [-0.05, 0) is 26.3 Å². The first-order valence-electron chi connectivity index (χ1n) is 7.45. The maximum absolute atomic E-state index is 6.33. The summed E-state index contributed by atoms with van der Waals surface area (Å²) in [5, 5.41) is 13.0. The maximum atomic E-state index is 6.33. The van der Waals surface area contributed by atoms with E-state index >= 15 is 0 Å². The van der Waals surface area contributed by atoms with E-state index in [-0.39, 0.29) is 0 Å². The summed E-state index contributed by atoms with van der Waals surface area (Å²) in [6, 6.07) is 0. The summed E-state index contributed by atoms with van der Waals surface area (Å²) >= 11 is 6.33. The summed E-state index contributed by atoms with van der Waals surface area (Å²) in [6.07, 6.45) is 3.97. The minimum absolute atomic E-state index is 0.650. The lowest BCUT2D eigenvalue weighted by Gasteiger charge is -2.06. The van der Waals surface area contributed by atoms with Crippen molar-refractivity contribution >= 4 is 11.6 Å². The number of hydrogen-bond acceptors (Lipinski definition) is 3. The van der Waals surface area contributed by atoms with E-state index in [1.807, 2.05) is 22.5 Å². The van der Waals surface area contributed by atoms with Crippen LogP contribution in [0.3, 0.4) is 0 Å². The van der Waals surface area contributed by atoms with Gasteiger partial charge in [-0.2, -0.15) is 10.2 Å². The highest BCUT2D eigenvalue weighted by Crippen LogP contribution is 2.21. The Morgan fingerprint density at radius 1 is 1.38 bits per heavy atom. The molecule has 0 radical (unpaired) electrons. The number of halogens is 1. The molecule has 2 aromatic heterocycles. The molecule has 0 aliphatic heterocycles. The Hall–Kier alpha value is -1.33. The molecule has 6 heteroatoms. The molecule has 1 N–H and O–H groups in total. The van der Waals surface area contributed by atoms with Crippen molar-refractivity contribution in [3.63, 3.8) is 0 Å². The van der Waals surface area contributed by atoms with Crippen molar-refractivity contribution in [3.8, 4) is 0 Å². The van der Waals surface area contributed by atoms with Crippen molar-refractivity contribution in [1.82, 2.24) is 24.9 Å². The van der Waals surface area contributed by atoms with Crippen LogP contribution in [0.4, 0.5) is 0 Å². The molecule has 0 saturated carbocycles. The van der Waals surface area contributed by atoms with E-state index in [0.717, 1.165) is 36.0 Å². The molecule has 5 nitrogen and oxygen atoms in total. The van der Waals surface area contributed by atoms with Crippen molar-refractivity contribution in [2.75, 3.05) is 6.54 Å². The Bertz CT molecular complexity index is 585. The predicted molar refractivity (Wildman–Crippen MR) is 85.5 cm³/mol. The Morgan fingerprint density at radius 3 is 2.81 bits per heavy atom. The molecule has 2 aromatic rings. The summed E-state index contributed by atoms with van der Waals surface area (Å²) in [7, 11) is 0. The van der Waals surface area contributed by atoms with Crippen LogP contribution in [-0.4, -0.2) is 26.1 Å². The molecule has 0 atom stereocenters. The van der Waals surface area contributed by atoms with Gasteiger partial charge in [-0.1, -0.05) is 25.4 Å². The Balaban J connectivity index is 2.02. The highest BCUT2D eigenvalue weighted by Gasteiger charge is 2.13. The molecule has 0 saturated heterocycles. The van der Waals surface area contributed by atoms with Crippen molar-refractivity contribution < 1.29 is 0 Å². The van der Waals surface area contributed by atoms with E-state index in [2.05, 4.69) is 42.5 Å². The van der Waals surface area contributed by atoms with E-state index in [0.29, 0.717) is 12.5 Å². The summed E-state index contributed by atoms with van der Waals surface area (Å²) in [5.41, 5.74) is 3.08. The van der Waals surface area contributed by atoms with E-state index in [1.165, 1.54) is 5.56 Å². The monoisotopic (exact) mass is 309 g/mol. The van der Waals surface area contributed by atoms with Crippen LogP contribution in [0.5, 0.6) is 0 Å². The Labute approximate surface area is 131 Å². The summed E-state index contributed by atoms with van der Waals surface area (Å²) in [6.45, 7) is 11.7. The average molecular weight is 310 g/mol. The first kappa shape index (κ1) is 16.0. The van der Waals surface area contributed by atoms with Gasteiger partial charge in [0.2, 0.25) is 0 Å². The lowest BCUT2D eigenvalue weighted by molar-refractivity contribution is 0.551. The Kier molecular flexibility index (Phi) is 5.42. The van der Waals surface area contributed by atoms with Gasteiger partial charge in [-0.15, -0.1) is 0 Å². The van der Waals surface area contributed by atoms with Gasteiger partial charge >= 0.3 is 0 Å². The topological polar surface area (TPSA) is 47.7 Å². The molecule has 2 heterocycles. The largest absolute Gasteiger partial charge is 0.312 e. The zero-order chi connectivity index (χ0) is 15.4. The first-order valence-corrected chi connectivity index (χ1v) is 7.82. The van der Waals surface area contributed by atoms with Crippen molar-refractivity contribution in [3.05, 3.63) is 34.4 Å². The lowest BCUT2D eigenvalue weighted by atomic mass is 10.2. The van der Waals surface area contributed by atoms with Gasteiger partial charge in [0, 0.05) is 24.8 Å². The minimum Gasteiger partial charge on any atom is -0.312 e. The lowest BCUT2D eigenvalue weighted by Crippen LogP contribution is -2.18. The average Bonchev–Trinajstić information content (AvgIpc) is 2.98.